The molecule has 0 radical (unpaired) electrons. The number of aromatic carboxylic acids is 1. The first-order chi connectivity index (χ1) is 33.8. The second kappa shape index (κ2) is 25.3. The Kier molecular flexibility index (Phi) is 18.9. The number of carbonyl (C=O) groups is 4. The number of nitrogens with zero attached hydrogens (tertiary/aromatic N) is 11. The lowest BCUT2D eigenvalue weighted by Gasteiger charge is -2.00. The number of Topliss-reactive ketones (excluding diaryl/α,β-unsaturated/α-hetero) is 1. The number of nitrogens with one attached hydrogen (secondary N) is 1. The smallest absolute Gasteiger partial charge is 0.358 e. The second-order valence-corrected chi connectivity index (χ2v) is 13.4. The summed E-state index contributed by atoms with van der Waals surface area (Å²) >= 11 is 0. The SMILES string of the molecule is CC(=O)c1cn(-c2cccc([N+](=O)[O-])c2)cn1.COC(=O)c1cn(-c2cccc([N+](=O)[O-])c2)cn1.COC(=O)c1cnc[nH]1.O=C(O)c1cn(-c2cccc([N+](=O)[O-])c2)cn1.O=[N+]([O-])c1cccc(F)c1. The number of carboxylic acids is 1. The number of esters is 2. The molecule has 8 rings (SSSR count). The summed E-state index contributed by atoms with van der Waals surface area (Å²) in [6.07, 6.45) is 11.3. The molecule has 0 spiro atoms. The summed E-state index contributed by atoms with van der Waals surface area (Å²) in [5.41, 5.74) is 2.05. The molecule has 4 heterocycles. The minimum Gasteiger partial charge on any atom is -0.476 e. The summed E-state index contributed by atoms with van der Waals surface area (Å²) in [5, 5.41) is 50.6. The van der Waals surface area contributed by atoms with Gasteiger partial charge < -0.3 is 33.3 Å². The van der Waals surface area contributed by atoms with Crippen molar-refractivity contribution in [3.05, 3.63) is 216 Å². The second-order valence-electron chi connectivity index (χ2n) is 13.4. The van der Waals surface area contributed by atoms with Gasteiger partial charge in [0, 0.05) is 68.0 Å². The van der Waals surface area contributed by atoms with Crippen LogP contribution in [0, 0.1) is 46.3 Å². The zero-order chi connectivity index (χ0) is 52.2. The summed E-state index contributed by atoms with van der Waals surface area (Å²) in [6, 6.07) is 22.6. The molecule has 4 aromatic carbocycles. The molecule has 0 aliphatic rings. The van der Waals surface area contributed by atoms with E-state index in [1.54, 1.807) is 41.1 Å². The van der Waals surface area contributed by atoms with Crippen LogP contribution in [0.2, 0.25) is 0 Å². The summed E-state index contributed by atoms with van der Waals surface area (Å²) in [5.74, 6) is -2.83. The summed E-state index contributed by atoms with van der Waals surface area (Å²) < 4.78 is 25.6. The van der Waals surface area contributed by atoms with Crippen molar-refractivity contribution in [2.45, 2.75) is 6.92 Å². The highest BCUT2D eigenvalue weighted by atomic mass is 19.1. The van der Waals surface area contributed by atoms with Crippen molar-refractivity contribution in [1.29, 1.82) is 0 Å². The first-order valence-electron chi connectivity index (χ1n) is 19.5. The molecule has 28 heteroatoms. The van der Waals surface area contributed by atoms with Gasteiger partial charge in [0.05, 0.1) is 69.6 Å². The molecule has 0 unspecified atom stereocenters. The Labute approximate surface area is 396 Å². The van der Waals surface area contributed by atoms with Gasteiger partial charge in [-0.2, -0.15) is 0 Å². The number of halogens is 1. The van der Waals surface area contributed by atoms with E-state index in [9.17, 15) is 64.0 Å². The van der Waals surface area contributed by atoms with Crippen LogP contribution >= 0.6 is 0 Å². The van der Waals surface area contributed by atoms with Crippen LogP contribution in [0.5, 0.6) is 0 Å². The van der Waals surface area contributed by atoms with E-state index in [0.717, 1.165) is 12.1 Å². The van der Waals surface area contributed by atoms with E-state index in [1.807, 2.05) is 0 Å². The first kappa shape index (κ1) is 52.9. The zero-order valence-corrected chi connectivity index (χ0v) is 36.8. The lowest BCUT2D eigenvalue weighted by molar-refractivity contribution is -0.385. The Bertz CT molecular complexity index is 3080. The number of carboxylic acid groups (broad SMARTS) is 1. The molecule has 0 amide bonds. The Morgan fingerprint density at radius 3 is 1.28 bits per heavy atom. The fraction of sp³-hybridized carbons (Fsp3) is 0.0698. The average molecular weight is 979 g/mol. The number of nitro groups is 4. The maximum absolute atomic E-state index is 12.2. The van der Waals surface area contributed by atoms with Crippen molar-refractivity contribution in [2.75, 3.05) is 14.2 Å². The molecule has 4 aromatic heterocycles. The molecule has 71 heavy (non-hydrogen) atoms. The third-order valence-corrected chi connectivity index (χ3v) is 8.66. The van der Waals surface area contributed by atoms with Crippen molar-refractivity contribution >= 4 is 46.4 Å². The molecule has 0 aliphatic heterocycles. The summed E-state index contributed by atoms with van der Waals surface area (Å²) in [4.78, 5) is 101. The number of aromatic nitrogens is 8. The van der Waals surface area contributed by atoms with E-state index in [4.69, 9.17) is 5.11 Å². The molecule has 0 atom stereocenters. The standard InChI is InChI=1S/C11H9N3O4.C11H9N3O3.C10H7N3O4.C6H4FNO2.C5H6N2O2/c1-18-11(15)10-6-13(7-12-10)8-3-2-4-9(5-8)14(16)17;1-8(15)11-6-13(7-12-11)9-3-2-4-10(5-9)14(16)17;14-10(15)9-5-12(6-11-9)7-2-1-3-8(4-7)13(16)17;7-5-2-1-3-6(4-5)8(9)10;1-9-5(8)4-2-6-3-7-4/h2-7H,1H3;2-7H,1H3;1-6H,(H,14,15);1-4H;2-3H,1H3,(H,6,7). The van der Waals surface area contributed by atoms with Crippen LogP contribution in [-0.4, -0.2) is 101 Å². The zero-order valence-electron chi connectivity index (χ0n) is 36.8. The molecule has 0 fully saturated rings. The van der Waals surface area contributed by atoms with Gasteiger partial charge in [-0.3, -0.25) is 45.3 Å². The Balaban J connectivity index is 0.000000197. The minimum absolute atomic E-state index is 0.000532. The van der Waals surface area contributed by atoms with E-state index in [-0.39, 0.29) is 39.9 Å². The molecule has 27 nitrogen and oxygen atoms in total. The van der Waals surface area contributed by atoms with Gasteiger partial charge in [-0.05, 0) is 24.3 Å². The van der Waals surface area contributed by atoms with Crippen LogP contribution in [0.4, 0.5) is 27.1 Å². The van der Waals surface area contributed by atoms with Crippen molar-refractivity contribution in [1.82, 2.24) is 38.6 Å². The number of ketones is 1. The number of methoxy groups -OCH3 is 2. The van der Waals surface area contributed by atoms with Gasteiger partial charge in [0.2, 0.25) is 0 Å². The lowest BCUT2D eigenvalue weighted by atomic mass is 10.3. The van der Waals surface area contributed by atoms with Gasteiger partial charge >= 0.3 is 17.9 Å². The maximum atomic E-state index is 12.2. The monoisotopic (exact) mass is 978 g/mol. The number of hydrogen-bond donors (Lipinski definition) is 2. The number of rotatable bonds is 11. The Morgan fingerprint density at radius 1 is 0.577 bits per heavy atom. The fourth-order valence-electron chi connectivity index (χ4n) is 5.26. The molecule has 364 valence electrons. The number of imidazole rings is 4. The minimum atomic E-state index is -1.14. The number of hydrogen-bond acceptors (Lipinski definition) is 18. The normalized spacial score (nSPS) is 9.86. The van der Waals surface area contributed by atoms with Crippen LogP contribution in [0.3, 0.4) is 0 Å². The maximum Gasteiger partial charge on any atom is 0.358 e. The predicted octanol–water partition coefficient (Wildman–Crippen LogP) is 6.96. The van der Waals surface area contributed by atoms with Crippen molar-refractivity contribution < 1.29 is 57.8 Å². The van der Waals surface area contributed by atoms with Crippen molar-refractivity contribution in [3.8, 4) is 17.1 Å². The van der Waals surface area contributed by atoms with Crippen molar-refractivity contribution in [3.63, 3.8) is 0 Å². The van der Waals surface area contributed by atoms with Crippen LogP contribution in [0.15, 0.2) is 147 Å². The Morgan fingerprint density at radius 2 is 0.958 bits per heavy atom. The highest BCUT2D eigenvalue weighted by Gasteiger charge is 2.14. The molecule has 0 saturated heterocycles. The number of non-ortho nitro benzene ring substituents is 4. The molecule has 2 N–H and O–H groups in total. The van der Waals surface area contributed by atoms with E-state index in [1.165, 1.54) is 129 Å². The molecule has 0 bridgehead atoms. The highest BCUT2D eigenvalue weighted by molar-refractivity contribution is 5.92. The lowest BCUT2D eigenvalue weighted by Crippen LogP contribution is -2.01. The summed E-state index contributed by atoms with van der Waals surface area (Å²) in [7, 11) is 2.58. The first-order valence-corrected chi connectivity index (χ1v) is 19.5. The predicted molar refractivity (Wildman–Crippen MR) is 242 cm³/mol. The van der Waals surface area contributed by atoms with Crippen molar-refractivity contribution in [2.24, 2.45) is 0 Å². The number of H-pyrrole nitrogens is 1. The van der Waals surface area contributed by atoms with Gasteiger partial charge in [-0.1, -0.05) is 24.3 Å². The van der Waals surface area contributed by atoms with Crippen LogP contribution in [0.25, 0.3) is 17.1 Å². The van der Waals surface area contributed by atoms with Gasteiger partial charge in [0.1, 0.15) is 36.2 Å². The van der Waals surface area contributed by atoms with Gasteiger partial charge in [0.15, 0.2) is 17.2 Å². The fourth-order valence-corrected chi connectivity index (χ4v) is 5.26. The quantitative estimate of drug-likeness (QED) is 0.0572. The van der Waals surface area contributed by atoms with E-state index in [2.05, 4.69) is 34.4 Å². The molecule has 0 aliphatic carbocycles. The van der Waals surface area contributed by atoms with E-state index in [0.29, 0.717) is 28.5 Å². The molecule has 8 aromatic rings. The van der Waals surface area contributed by atoms with Crippen LogP contribution in [0.1, 0.15) is 48.9 Å². The van der Waals surface area contributed by atoms with Crippen LogP contribution in [-0.2, 0) is 9.47 Å². The van der Waals surface area contributed by atoms with Gasteiger partial charge in [-0.25, -0.2) is 38.7 Å². The third-order valence-electron chi connectivity index (χ3n) is 8.66. The highest BCUT2D eigenvalue weighted by Crippen LogP contribution is 2.20. The topological polar surface area (TPSA) is 362 Å². The number of aromatic amines is 1. The Hall–Kier alpha value is -10.7. The molecular formula is C43H35FN12O15. The largest absolute Gasteiger partial charge is 0.476 e. The van der Waals surface area contributed by atoms with Crippen LogP contribution < -0.4 is 0 Å². The summed E-state index contributed by atoms with van der Waals surface area (Å²) in [6.45, 7) is 1.42. The average Bonchev–Trinajstić information content (AvgIpc) is 4.23. The van der Waals surface area contributed by atoms with Gasteiger partial charge in [0.25, 0.3) is 22.7 Å². The number of nitro benzene ring substituents is 4. The number of ether oxygens (including phenoxy) is 2. The van der Waals surface area contributed by atoms with E-state index >= 15 is 0 Å². The molecular weight excluding hydrogens is 944 g/mol. The number of carbonyl (C=O) groups excluding carboxylic acids is 3. The van der Waals surface area contributed by atoms with E-state index < -0.39 is 43.4 Å². The van der Waals surface area contributed by atoms with Gasteiger partial charge in [-0.15, -0.1) is 0 Å². The number of benzene rings is 4. The molecule has 0 saturated carbocycles. The third kappa shape index (κ3) is 15.7.